The maximum atomic E-state index is 12.3. The molecule has 0 atom stereocenters. The lowest BCUT2D eigenvalue weighted by Crippen LogP contribution is -2.40. The van der Waals surface area contributed by atoms with Crippen LogP contribution >= 0.6 is 0 Å². The highest BCUT2D eigenvalue weighted by molar-refractivity contribution is 7.89. The van der Waals surface area contributed by atoms with Crippen molar-refractivity contribution in [3.8, 4) is 0 Å². The van der Waals surface area contributed by atoms with Crippen LogP contribution in [0.4, 0.5) is 13.2 Å². The van der Waals surface area contributed by atoms with Gasteiger partial charge < -0.3 is 9.67 Å². The summed E-state index contributed by atoms with van der Waals surface area (Å²) < 4.78 is 62.0. The molecule has 0 aliphatic heterocycles. The second-order valence-corrected chi connectivity index (χ2v) is 5.44. The lowest BCUT2D eigenvalue weighted by atomic mass is 10.6. The highest BCUT2D eigenvalue weighted by Crippen LogP contribution is 2.21. The van der Waals surface area contributed by atoms with Crippen molar-refractivity contribution in [2.24, 2.45) is 7.05 Å². The molecule has 0 fully saturated rings. The standard InChI is InChI=1S/C8H12F3N3O3S/c1-13-4-7(12-6-13)18(16,17)14(2-3-15)5-8(9,10)11/h4,6,15H,2-3,5H2,1H3. The molecule has 0 amide bonds. The number of sulfonamides is 1. The van der Waals surface area contributed by atoms with Crippen LogP contribution in [0.25, 0.3) is 0 Å². The molecule has 0 aromatic carbocycles. The lowest BCUT2D eigenvalue weighted by molar-refractivity contribution is -0.136. The second-order valence-electron chi connectivity index (χ2n) is 3.55. The number of alkyl halides is 3. The Kier molecular flexibility index (Phi) is 4.35. The molecule has 1 aromatic rings. The van der Waals surface area contributed by atoms with E-state index in [1.807, 2.05) is 0 Å². The van der Waals surface area contributed by atoms with Crippen molar-refractivity contribution in [1.82, 2.24) is 13.9 Å². The summed E-state index contributed by atoms with van der Waals surface area (Å²) in [6.45, 7) is -3.01. The Hall–Kier alpha value is -1.13. The first kappa shape index (κ1) is 14.9. The van der Waals surface area contributed by atoms with E-state index in [4.69, 9.17) is 5.11 Å². The number of aromatic nitrogens is 2. The third-order valence-electron chi connectivity index (χ3n) is 1.99. The number of halogens is 3. The van der Waals surface area contributed by atoms with Gasteiger partial charge in [0.05, 0.1) is 12.9 Å². The summed E-state index contributed by atoms with van der Waals surface area (Å²) in [6.07, 6.45) is -2.43. The molecule has 0 saturated heterocycles. The molecule has 0 bridgehead atoms. The van der Waals surface area contributed by atoms with Crippen molar-refractivity contribution in [1.29, 1.82) is 0 Å². The highest BCUT2D eigenvalue weighted by atomic mass is 32.2. The van der Waals surface area contributed by atoms with Crippen LogP contribution in [0.15, 0.2) is 17.6 Å². The van der Waals surface area contributed by atoms with Gasteiger partial charge in [-0.25, -0.2) is 13.4 Å². The van der Waals surface area contributed by atoms with Crippen molar-refractivity contribution < 1.29 is 26.7 Å². The van der Waals surface area contributed by atoms with Crippen molar-refractivity contribution in [3.63, 3.8) is 0 Å². The average molecular weight is 287 g/mol. The number of imidazole rings is 1. The van der Waals surface area contributed by atoms with Crippen LogP contribution in [0, 0.1) is 0 Å². The van der Waals surface area contributed by atoms with Crippen molar-refractivity contribution >= 4 is 10.0 Å². The number of hydrogen-bond donors (Lipinski definition) is 1. The largest absolute Gasteiger partial charge is 0.402 e. The second kappa shape index (κ2) is 5.24. The number of aliphatic hydroxyl groups excluding tert-OH is 1. The molecule has 1 aromatic heterocycles. The number of nitrogens with zero attached hydrogens (tertiary/aromatic N) is 3. The van der Waals surface area contributed by atoms with Crippen LogP contribution in [0.5, 0.6) is 0 Å². The predicted octanol–water partition coefficient (Wildman–Crippen LogP) is -0.0346. The van der Waals surface area contributed by atoms with E-state index in [0.717, 1.165) is 12.5 Å². The Bertz CT molecular complexity index is 497. The van der Waals surface area contributed by atoms with E-state index in [-0.39, 0.29) is 4.31 Å². The van der Waals surface area contributed by atoms with Gasteiger partial charge in [0.25, 0.3) is 10.0 Å². The summed E-state index contributed by atoms with van der Waals surface area (Å²) in [7, 11) is -2.86. The summed E-state index contributed by atoms with van der Waals surface area (Å²) in [5, 5.41) is 8.17. The molecule has 1 rings (SSSR count). The molecule has 0 aliphatic carbocycles. The molecule has 6 nitrogen and oxygen atoms in total. The van der Waals surface area contributed by atoms with Gasteiger partial charge in [0.1, 0.15) is 6.54 Å². The molecule has 0 unspecified atom stereocenters. The Morgan fingerprint density at radius 3 is 2.50 bits per heavy atom. The van der Waals surface area contributed by atoms with Crippen LogP contribution in [-0.2, 0) is 17.1 Å². The van der Waals surface area contributed by atoms with Crippen LogP contribution < -0.4 is 0 Å². The van der Waals surface area contributed by atoms with E-state index >= 15 is 0 Å². The molecule has 104 valence electrons. The van der Waals surface area contributed by atoms with E-state index in [2.05, 4.69) is 4.98 Å². The van der Waals surface area contributed by atoms with Gasteiger partial charge in [0.2, 0.25) is 0 Å². The van der Waals surface area contributed by atoms with E-state index < -0.39 is 40.9 Å². The van der Waals surface area contributed by atoms with Crippen LogP contribution in [0.2, 0.25) is 0 Å². The minimum atomic E-state index is -4.68. The zero-order valence-corrected chi connectivity index (χ0v) is 10.2. The van der Waals surface area contributed by atoms with E-state index in [9.17, 15) is 21.6 Å². The maximum Gasteiger partial charge on any atom is 0.402 e. The summed E-state index contributed by atoms with van der Waals surface area (Å²) in [4.78, 5) is 3.50. The Balaban J connectivity index is 3.04. The number of rotatable bonds is 5. The highest BCUT2D eigenvalue weighted by Gasteiger charge is 2.37. The van der Waals surface area contributed by atoms with Gasteiger partial charge in [0, 0.05) is 19.8 Å². The first-order valence-electron chi connectivity index (χ1n) is 4.82. The minimum absolute atomic E-state index is 0.148. The van der Waals surface area contributed by atoms with Crippen molar-refractivity contribution in [2.45, 2.75) is 11.2 Å². The van der Waals surface area contributed by atoms with Gasteiger partial charge in [-0.05, 0) is 0 Å². The molecule has 18 heavy (non-hydrogen) atoms. The monoisotopic (exact) mass is 287 g/mol. The summed E-state index contributed by atoms with van der Waals surface area (Å²) >= 11 is 0. The third-order valence-corrected chi connectivity index (χ3v) is 3.72. The van der Waals surface area contributed by atoms with Crippen LogP contribution in [0.1, 0.15) is 0 Å². The smallest absolute Gasteiger partial charge is 0.395 e. The van der Waals surface area contributed by atoms with Gasteiger partial charge in [-0.1, -0.05) is 0 Å². The average Bonchev–Trinajstić information content (AvgIpc) is 2.63. The summed E-state index contributed by atoms with van der Waals surface area (Å²) in [5.41, 5.74) is 0. The van der Waals surface area contributed by atoms with E-state index in [0.29, 0.717) is 0 Å². The molecule has 0 aliphatic rings. The molecule has 0 saturated carbocycles. The zero-order chi connectivity index (χ0) is 14.0. The van der Waals surface area contributed by atoms with Gasteiger partial charge in [-0.15, -0.1) is 0 Å². The maximum absolute atomic E-state index is 12.3. The fraction of sp³-hybridized carbons (Fsp3) is 0.625. The lowest BCUT2D eigenvalue weighted by Gasteiger charge is -2.21. The number of aliphatic hydroxyl groups is 1. The summed E-state index contributed by atoms with van der Waals surface area (Å²) in [6, 6.07) is 0. The van der Waals surface area contributed by atoms with E-state index in [1.54, 1.807) is 0 Å². The fourth-order valence-corrected chi connectivity index (χ4v) is 2.63. The third kappa shape index (κ3) is 3.68. The SMILES string of the molecule is Cn1cnc(S(=O)(=O)N(CCO)CC(F)(F)F)c1. The molecular weight excluding hydrogens is 275 g/mol. The molecule has 10 heteroatoms. The van der Waals surface area contributed by atoms with Gasteiger partial charge in [0.15, 0.2) is 5.03 Å². The van der Waals surface area contributed by atoms with Crippen LogP contribution in [0.3, 0.4) is 0 Å². The zero-order valence-electron chi connectivity index (χ0n) is 9.42. The normalized spacial score (nSPS) is 13.2. The van der Waals surface area contributed by atoms with Crippen molar-refractivity contribution in [2.75, 3.05) is 19.7 Å². The first-order chi connectivity index (χ1) is 8.16. The Morgan fingerprint density at radius 2 is 2.11 bits per heavy atom. The Morgan fingerprint density at radius 1 is 1.50 bits per heavy atom. The molecule has 0 spiro atoms. The summed E-state index contributed by atoms with van der Waals surface area (Å²) in [5.74, 6) is 0. The number of hydrogen-bond acceptors (Lipinski definition) is 4. The fourth-order valence-electron chi connectivity index (χ4n) is 1.25. The molecule has 0 radical (unpaired) electrons. The Labute approximate surface area is 102 Å². The predicted molar refractivity (Wildman–Crippen MR) is 55.1 cm³/mol. The van der Waals surface area contributed by atoms with Gasteiger partial charge in [-0.2, -0.15) is 17.5 Å². The molecule has 1 N–H and O–H groups in total. The van der Waals surface area contributed by atoms with Crippen molar-refractivity contribution in [3.05, 3.63) is 12.5 Å². The first-order valence-corrected chi connectivity index (χ1v) is 6.26. The topological polar surface area (TPSA) is 75.4 Å². The van der Waals surface area contributed by atoms with Gasteiger partial charge in [-0.3, -0.25) is 0 Å². The van der Waals surface area contributed by atoms with Crippen LogP contribution in [-0.4, -0.2) is 53.3 Å². The van der Waals surface area contributed by atoms with E-state index in [1.165, 1.54) is 11.6 Å². The quantitative estimate of drug-likeness (QED) is 0.825. The minimum Gasteiger partial charge on any atom is -0.395 e. The van der Waals surface area contributed by atoms with Gasteiger partial charge >= 0.3 is 6.18 Å². The molecular formula is C8H12F3N3O3S. The molecule has 1 heterocycles. The number of aryl methyl sites for hydroxylation is 1.